The Bertz CT molecular complexity index is 1090. The number of thiocarbonyl (C=S) groups is 1. The third-order valence-electron chi connectivity index (χ3n) is 6.76. The van der Waals surface area contributed by atoms with Crippen molar-refractivity contribution in [3.8, 4) is 5.69 Å². The maximum absolute atomic E-state index is 5.87. The maximum Gasteiger partial charge on any atom is 0.170 e. The van der Waals surface area contributed by atoms with Crippen molar-refractivity contribution in [1.82, 2.24) is 24.7 Å². The van der Waals surface area contributed by atoms with Crippen molar-refractivity contribution in [2.75, 3.05) is 39.4 Å². The number of pyridine rings is 1. The standard InChI is InChI=1S/C26H31N5OS/c1-19-18-22(20(2)31(19)21-8-4-3-5-9-21)25-24(23-10-6-7-11-27-23)28-26(33)30(25)13-12-29-14-16-32-17-15-29/h3-11,18,24-25H,12-17H2,1-2H3,(H,28,33)/t24-,25-/m0/s1. The predicted molar refractivity (Wildman–Crippen MR) is 135 cm³/mol. The quantitative estimate of drug-likeness (QED) is 0.564. The van der Waals surface area contributed by atoms with Gasteiger partial charge in [0, 0.05) is 49.5 Å². The van der Waals surface area contributed by atoms with Crippen LogP contribution in [0, 0.1) is 13.8 Å². The molecule has 0 unspecified atom stereocenters. The molecule has 2 fully saturated rings. The molecule has 7 heteroatoms. The van der Waals surface area contributed by atoms with Gasteiger partial charge >= 0.3 is 0 Å². The van der Waals surface area contributed by atoms with Crippen LogP contribution in [-0.2, 0) is 4.74 Å². The average molecular weight is 462 g/mol. The van der Waals surface area contributed by atoms with Gasteiger partial charge in [0.05, 0.1) is 31.0 Å². The molecule has 0 aliphatic carbocycles. The van der Waals surface area contributed by atoms with Crippen LogP contribution < -0.4 is 5.32 Å². The van der Waals surface area contributed by atoms with Gasteiger partial charge in [-0.25, -0.2) is 0 Å². The Labute approximate surface area is 201 Å². The van der Waals surface area contributed by atoms with Crippen molar-refractivity contribution < 1.29 is 4.74 Å². The molecule has 0 spiro atoms. The van der Waals surface area contributed by atoms with Gasteiger partial charge in [-0.3, -0.25) is 9.88 Å². The lowest BCUT2D eigenvalue weighted by Crippen LogP contribution is -2.42. The Hall–Kier alpha value is -2.74. The van der Waals surface area contributed by atoms with Gasteiger partial charge in [-0.2, -0.15) is 0 Å². The predicted octanol–water partition coefficient (Wildman–Crippen LogP) is 3.79. The second-order valence-electron chi connectivity index (χ2n) is 8.77. The zero-order valence-corrected chi connectivity index (χ0v) is 20.1. The zero-order chi connectivity index (χ0) is 22.8. The topological polar surface area (TPSA) is 45.6 Å². The van der Waals surface area contributed by atoms with Crippen LogP contribution in [0.4, 0.5) is 0 Å². The van der Waals surface area contributed by atoms with Gasteiger partial charge in [0.2, 0.25) is 0 Å². The minimum atomic E-state index is 0.00751. The first-order valence-electron chi connectivity index (χ1n) is 11.7. The summed E-state index contributed by atoms with van der Waals surface area (Å²) < 4.78 is 7.87. The highest BCUT2D eigenvalue weighted by molar-refractivity contribution is 7.80. The molecule has 6 nitrogen and oxygen atoms in total. The van der Waals surface area contributed by atoms with Crippen LogP contribution in [0.25, 0.3) is 5.69 Å². The molecule has 2 aliphatic rings. The number of ether oxygens (including phenoxy) is 1. The van der Waals surface area contributed by atoms with Crippen molar-refractivity contribution in [3.63, 3.8) is 0 Å². The molecule has 1 aromatic carbocycles. The highest BCUT2D eigenvalue weighted by Gasteiger charge is 2.41. The first-order valence-corrected chi connectivity index (χ1v) is 12.1. The number of benzene rings is 1. The minimum absolute atomic E-state index is 0.00751. The molecule has 172 valence electrons. The molecule has 0 bridgehead atoms. The molecule has 2 aliphatic heterocycles. The van der Waals surface area contributed by atoms with Gasteiger partial charge in [0.25, 0.3) is 0 Å². The largest absolute Gasteiger partial charge is 0.379 e. The SMILES string of the molecule is Cc1cc([C@H]2[C@H](c3ccccn3)NC(=S)N2CCN2CCOCC2)c(C)n1-c1ccccc1. The van der Waals surface area contributed by atoms with Crippen molar-refractivity contribution in [3.05, 3.63) is 83.4 Å². The number of hydrogen-bond donors (Lipinski definition) is 1. The van der Waals surface area contributed by atoms with Crippen molar-refractivity contribution in [1.29, 1.82) is 0 Å². The monoisotopic (exact) mass is 461 g/mol. The van der Waals surface area contributed by atoms with E-state index in [-0.39, 0.29) is 12.1 Å². The summed E-state index contributed by atoms with van der Waals surface area (Å²) in [5.41, 5.74) is 5.96. The lowest BCUT2D eigenvalue weighted by atomic mass is 9.96. The highest BCUT2D eigenvalue weighted by atomic mass is 32.1. The summed E-state index contributed by atoms with van der Waals surface area (Å²) in [4.78, 5) is 9.52. The van der Waals surface area contributed by atoms with Crippen LogP contribution >= 0.6 is 12.2 Å². The van der Waals surface area contributed by atoms with Crippen LogP contribution in [0.2, 0.25) is 0 Å². The number of rotatable bonds is 6. The van der Waals surface area contributed by atoms with Gasteiger partial charge in [-0.05, 0) is 62.0 Å². The Morgan fingerprint density at radius 1 is 1.03 bits per heavy atom. The maximum atomic E-state index is 5.87. The number of morpholine rings is 1. The van der Waals surface area contributed by atoms with Crippen LogP contribution in [0.1, 0.15) is 34.7 Å². The summed E-state index contributed by atoms with van der Waals surface area (Å²) in [6, 6.07) is 19.1. The van der Waals surface area contributed by atoms with E-state index in [0.29, 0.717) is 0 Å². The Kier molecular flexibility index (Phi) is 6.44. The van der Waals surface area contributed by atoms with Crippen LogP contribution in [0.5, 0.6) is 0 Å². The first-order chi connectivity index (χ1) is 16.1. The summed E-state index contributed by atoms with van der Waals surface area (Å²) >= 11 is 5.87. The third kappa shape index (κ3) is 4.40. The molecular formula is C26H31N5OS. The van der Waals surface area contributed by atoms with Crippen molar-refractivity contribution >= 4 is 17.3 Å². The molecule has 2 atom stereocenters. The summed E-state index contributed by atoms with van der Waals surface area (Å²) in [5, 5.41) is 4.39. The zero-order valence-electron chi connectivity index (χ0n) is 19.3. The van der Waals surface area contributed by atoms with Gasteiger partial charge in [0.1, 0.15) is 0 Å². The molecule has 2 saturated heterocycles. The average Bonchev–Trinajstić information content (AvgIpc) is 3.34. The molecule has 0 saturated carbocycles. The third-order valence-corrected chi connectivity index (χ3v) is 7.11. The molecule has 0 radical (unpaired) electrons. The van der Waals surface area contributed by atoms with E-state index in [2.05, 4.69) is 81.0 Å². The van der Waals surface area contributed by atoms with Crippen molar-refractivity contribution in [2.24, 2.45) is 0 Å². The Balaban J connectivity index is 1.52. The first kappa shape index (κ1) is 22.1. The minimum Gasteiger partial charge on any atom is -0.379 e. The fraction of sp³-hybridized carbons (Fsp3) is 0.385. The molecule has 4 heterocycles. The molecule has 0 amide bonds. The second-order valence-corrected chi connectivity index (χ2v) is 9.16. The number of nitrogens with zero attached hydrogens (tertiary/aromatic N) is 4. The molecule has 2 aromatic heterocycles. The molecular weight excluding hydrogens is 430 g/mol. The van der Waals surface area contributed by atoms with Gasteiger partial charge in [-0.15, -0.1) is 0 Å². The fourth-order valence-corrected chi connectivity index (χ4v) is 5.45. The summed E-state index contributed by atoms with van der Waals surface area (Å²) in [6.07, 6.45) is 1.86. The van der Waals surface area contributed by atoms with Crippen LogP contribution in [0.15, 0.2) is 60.8 Å². The number of aryl methyl sites for hydroxylation is 1. The normalized spacial score (nSPS) is 21.4. The van der Waals surface area contributed by atoms with E-state index < -0.39 is 0 Å². The van der Waals surface area contributed by atoms with E-state index in [4.69, 9.17) is 17.0 Å². The number of para-hydroxylation sites is 1. The van der Waals surface area contributed by atoms with E-state index in [0.717, 1.165) is 50.2 Å². The van der Waals surface area contributed by atoms with Gasteiger partial charge in [0.15, 0.2) is 5.11 Å². The lowest BCUT2D eigenvalue weighted by Gasteiger charge is -2.32. The summed E-state index contributed by atoms with van der Waals surface area (Å²) in [7, 11) is 0. The van der Waals surface area contributed by atoms with E-state index in [1.807, 2.05) is 18.3 Å². The summed E-state index contributed by atoms with van der Waals surface area (Å²) in [5.74, 6) is 0. The van der Waals surface area contributed by atoms with E-state index in [1.165, 1.54) is 22.6 Å². The molecule has 3 aromatic rings. The number of nitrogens with one attached hydrogen (secondary N) is 1. The lowest BCUT2D eigenvalue weighted by molar-refractivity contribution is 0.0350. The molecule has 1 N–H and O–H groups in total. The summed E-state index contributed by atoms with van der Waals surface area (Å²) in [6.45, 7) is 9.80. The van der Waals surface area contributed by atoms with Crippen molar-refractivity contribution in [2.45, 2.75) is 25.9 Å². The van der Waals surface area contributed by atoms with Crippen LogP contribution in [0.3, 0.4) is 0 Å². The Morgan fingerprint density at radius 2 is 1.79 bits per heavy atom. The number of aromatic nitrogens is 2. The van der Waals surface area contributed by atoms with Crippen LogP contribution in [-0.4, -0.2) is 63.9 Å². The van der Waals surface area contributed by atoms with E-state index in [9.17, 15) is 0 Å². The van der Waals surface area contributed by atoms with E-state index in [1.54, 1.807) is 0 Å². The number of hydrogen-bond acceptors (Lipinski definition) is 4. The molecule has 5 rings (SSSR count). The van der Waals surface area contributed by atoms with Gasteiger partial charge < -0.3 is 19.5 Å². The Morgan fingerprint density at radius 3 is 2.52 bits per heavy atom. The highest BCUT2D eigenvalue weighted by Crippen LogP contribution is 2.41. The smallest absolute Gasteiger partial charge is 0.170 e. The molecule has 33 heavy (non-hydrogen) atoms. The second kappa shape index (κ2) is 9.63. The van der Waals surface area contributed by atoms with Gasteiger partial charge in [-0.1, -0.05) is 24.3 Å². The van der Waals surface area contributed by atoms with E-state index >= 15 is 0 Å². The fourth-order valence-electron chi connectivity index (χ4n) is 5.12.